The second-order valence-corrected chi connectivity index (χ2v) is 14.0. The molecule has 0 bridgehead atoms. The maximum absolute atomic E-state index is 6.89. The van der Waals surface area contributed by atoms with Gasteiger partial charge >= 0.3 is 0 Å². The number of nitrogens with zero attached hydrogens (tertiary/aromatic N) is 4. The van der Waals surface area contributed by atoms with Crippen molar-refractivity contribution in [3.05, 3.63) is 194 Å². The molecule has 11 rings (SSSR count). The summed E-state index contributed by atoms with van der Waals surface area (Å²) in [7, 11) is 0. The minimum absolute atomic E-state index is 0.589. The highest BCUT2D eigenvalue weighted by Gasteiger charge is 2.21. The molecule has 0 spiro atoms. The van der Waals surface area contributed by atoms with E-state index in [9.17, 15) is 0 Å². The van der Waals surface area contributed by atoms with Gasteiger partial charge in [0, 0.05) is 54.9 Å². The Morgan fingerprint density at radius 3 is 1.61 bits per heavy atom. The number of fused-ring (bicyclic) bond motifs is 6. The van der Waals surface area contributed by atoms with Gasteiger partial charge in [0.15, 0.2) is 17.5 Å². The zero-order chi connectivity index (χ0) is 37.0. The van der Waals surface area contributed by atoms with Gasteiger partial charge < -0.3 is 8.98 Å². The van der Waals surface area contributed by atoms with Gasteiger partial charge in [-0.2, -0.15) is 0 Å². The highest BCUT2D eigenvalue weighted by Crippen LogP contribution is 2.43. The van der Waals surface area contributed by atoms with Crippen LogP contribution in [0.25, 0.3) is 106 Å². The quantitative estimate of drug-likeness (QED) is 0.172. The number of para-hydroxylation sites is 4. The minimum Gasteiger partial charge on any atom is -0.455 e. The van der Waals surface area contributed by atoms with Crippen LogP contribution in [0.5, 0.6) is 0 Å². The third-order valence-corrected chi connectivity index (χ3v) is 10.7. The van der Waals surface area contributed by atoms with Gasteiger partial charge in [-0.1, -0.05) is 170 Å². The van der Waals surface area contributed by atoms with Gasteiger partial charge in [-0.3, -0.25) is 0 Å². The second-order valence-electron chi connectivity index (χ2n) is 14.0. The number of furan rings is 1. The molecule has 0 amide bonds. The molecule has 0 fully saturated rings. The molecule has 0 N–H and O–H groups in total. The molecule has 0 saturated heterocycles. The first-order valence-electron chi connectivity index (χ1n) is 18.8. The Bertz CT molecular complexity index is 3180. The first-order chi connectivity index (χ1) is 27.8. The lowest BCUT2D eigenvalue weighted by molar-refractivity contribution is 0.670. The molecule has 5 heteroatoms. The van der Waals surface area contributed by atoms with Crippen LogP contribution < -0.4 is 0 Å². The lowest BCUT2D eigenvalue weighted by Crippen LogP contribution is -2.00. The van der Waals surface area contributed by atoms with Crippen LogP contribution in [-0.2, 0) is 0 Å². The number of rotatable bonds is 6. The van der Waals surface area contributed by atoms with E-state index in [0.717, 1.165) is 61.0 Å². The normalized spacial score (nSPS) is 11.6. The van der Waals surface area contributed by atoms with Crippen LogP contribution in [0.3, 0.4) is 0 Å². The van der Waals surface area contributed by atoms with Gasteiger partial charge in [0.05, 0.1) is 16.7 Å². The molecular formula is C51H32N4O. The summed E-state index contributed by atoms with van der Waals surface area (Å²) in [6.07, 6.45) is 0. The molecule has 3 heterocycles. The smallest absolute Gasteiger partial charge is 0.164 e. The van der Waals surface area contributed by atoms with Crippen LogP contribution in [0.4, 0.5) is 0 Å². The largest absolute Gasteiger partial charge is 0.455 e. The van der Waals surface area contributed by atoms with Crippen molar-refractivity contribution in [2.45, 2.75) is 0 Å². The van der Waals surface area contributed by atoms with E-state index in [1.54, 1.807) is 0 Å². The van der Waals surface area contributed by atoms with Gasteiger partial charge in [-0.05, 0) is 29.8 Å². The summed E-state index contributed by atoms with van der Waals surface area (Å²) >= 11 is 0. The van der Waals surface area contributed by atoms with Gasteiger partial charge in [0.2, 0.25) is 0 Å². The van der Waals surface area contributed by atoms with Crippen LogP contribution in [0.1, 0.15) is 0 Å². The Morgan fingerprint density at radius 1 is 0.357 bits per heavy atom. The molecule has 5 nitrogen and oxygen atoms in total. The zero-order valence-corrected chi connectivity index (χ0v) is 30.2. The SMILES string of the molecule is c1ccc(-c2nc(-c3ccccc3)nc(-c3ccc4c(c3)oc3c(-c5ccccc5-n5c6ccccc6c6cccc(-c7ccccc7)c65)cccc34)n2)cc1. The third kappa shape index (κ3) is 5.21. The van der Waals surface area contributed by atoms with Crippen molar-refractivity contribution in [1.29, 1.82) is 0 Å². The fourth-order valence-corrected chi connectivity index (χ4v) is 8.10. The number of aromatic nitrogens is 4. The van der Waals surface area contributed by atoms with Crippen LogP contribution in [0.15, 0.2) is 199 Å². The molecular weight excluding hydrogens is 685 g/mol. The predicted octanol–water partition coefficient (Wildman–Crippen LogP) is 13.2. The predicted molar refractivity (Wildman–Crippen MR) is 229 cm³/mol. The van der Waals surface area contributed by atoms with E-state index in [2.05, 4.69) is 138 Å². The third-order valence-electron chi connectivity index (χ3n) is 10.7. The minimum atomic E-state index is 0.589. The Hall–Kier alpha value is -7.63. The van der Waals surface area contributed by atoms with E-state index in [-0.39, 0.29) is 0 Å². The van der Waals surface area contributed by atoms with Crippen molar-refractivity contribution in [1.82, 2.24) is 19.5 Å². The first-order valence-corrected chi connectivity index (χ1v) is 18.8. The maximum atomic E-state index is 6.89. The molecule has 0 aliphatic rings. The summed E-state index contributed by atoms with van der Waals surface area (Å²) in [4.78, 5) is 14.8. The van der Waals surface area contributed by atoms with Crippen molar-refractivity contribution in [2.24, 2.45) is 0 Å². The van der Waals surface area contributed by atoms with Crippen molar-refractivity contribution < 1.29 is 4.42 Å². The van der Waals surface area contributed by atoms with E-state index in [4.69, 9.17) is 19.4 Å². The fraction of sp³-hybridized carbons (Fsp3) is 0. The van der Waals surface area contributed by atoms with Crippen LogP contribution >= 0.6 is 0 Å². The summed E-state index contributed by atoms with van der Waals surface area (Å²) in [5.41, 5.74) is 12.2. The van der Waals surface area contributed by atoms with Crippen LogP contribution in [-0.4, -0.2) is 19.5 Å². The molecule has 11 aromatic rings. The molecule has 262 valence electrons. The standard InChI is InChI=1S/C51H32N4O/c1-4-16-33(17-5-1)37-24-14-25-41-38-22-10-12-28-44(38)55(47(37)41)45-29-13-11-23-39(45)42-26-15-27-43-40-31-30-36(32-46(40)56-48(42)43)51-53-49(34-18-6-2-7-19-34)52-50(54-51)35-20-8-3-9-21-35/h1-32H. The lowest BCUT2D eigenvalue weighted by atomic mass is 9.99. The van der Waals surface area contributed by atoms with Crippen LogP contribution in [0, 0.1) is 0 Å². The Balaban J connectivity index is 1.10. The van der Waals surface area contributed by atoms with Crippen molar-refractivity contribution >= 4 is 43.7 Å². The molecule has 0 atom stereocenters. The average Bonchev–Trinajstić information content (AvgIpc) is 3.83. The number of hydrogen-bond donors (Lipinski definition) is 0. The van der Waals surface area contributed by atoms with Crippen molar-refractivity contribution in [3.63, 3.8) is 0 Å². The second kappa shape index (κ2) is 13.0. The topological polar surface area (TPSA) is 56.7 Å². The molecule has 0 radical (unpaired) electrons. The van der Waals surface area contributed by atoms with Crippen molar-refractivity contribution in [2.75, 3.05) is 0 Å². The van der Waals surface area contributed by atoms with E-state index >= 15 is 0 Å². The molecule has 3 aromatic heterocycles. The van der Waals surface area contributed by atoms with E-state index in [0.29, 0.717) is 17.5 Å². The molecule has 0 aliphatic heterocycles. The molecule has 0 unspecified atom stereocenters. The van der Waals surface area contributed by atoms with Gasteiger partial charge in [0.1, 0.15) is 11.2 Å². The maximum Gasteiger partial charge on any atom is 0.164 e. The van der Waals surface area contributed by atoms with Gasteiger partial charge in [-0.15, -0.1) is 0 Å². The number of benzene rings is 8. The zero-order valence-electron chi connectivity index (χ0n) is 30.2. The molecule has 56 heavy (non-hydrogen) atoms. The summed E-state index contributed by atoms with van der Waals surface area (Å²) in [5, 5.41) is 4.52. The highest BCUT2D eigenvalue weighted by molar-refractivity contribution is 6.15. The Labute approximate surface area is 322 Å². The molecule has 0 saturated carbocycles. The fourth-order valence-electron chi connectivity index (χ4n) is 8.10. The Morgan fingerprint density at radius 2 is 0.893 bits per heavy atom. The van der Waals surface area contributed by atoms with Gasteiger partial charge in [-0.25, -0.2) is 15.0 Å². The lowest BCUT2D eigenvalue weighted by Gasteiger charge is -2.16. The summed E-state index contributed by atoms with van der Waals surface area (Å²) in [6, 6.07) is 67.4. The molecule has 8 aromatic carbocycles. The monoisotopic (exact) mass is 716 g/mol. The average molecular weight is 717 g/mol. The highest BCUT2D eigenvalue weighted by atomic mass is 16.3. The van der Waals surface area contributed by atoms with Crippen molar-refractivity contribution in [3.8, 4) is 62.1 Å². The van der Waals surface area contributed by atoms with E-state index in [1.807, 2.05) is 60.7 Å². The van der Waals surface area contributed by atoms with Crippen LogP contribution in [0.2, 0.25) is 0 Å². The molecule has 0 aliphatic carbocycles. The summed E-state index contributed by atoms with van der Waals surface area (Å²) in [5.74, 6) is 1.84. The van der Waals surface area contributed by atoms with Gasteiger partial charge in [0.25, 0.3) is 0 Å². The summed E-state index contributed by atoms with van der Waals surface area (Å²) < 4.78 is 9.32. The summed E-state index contributed by atoms with van der Waals surface area (Å²) in [6.45, 7) is 0. The van der Waals surface area contributed by atoms with E-state index in [1.165, 1.54) is 27.4 Å². The number of hydrogen-bond acceptors (Lipinski definition) is 4. The first kappa shape index (κ1) is 31.9. The Kier molecular flexibility index (Phi) is 7.42. The van der Waals surface area contributed by atoms with E-state index < -0.39 is 0 Å².